The fourth-order valence-electron chi connectivity index (χ4n) is 3.60. The number of carbonyl (C=O) groups excluding carboxylic acids is 1. The van der Waals surface area contributed by atoms with Crippen molar-refractivity contribution in [2.75, 3.05) is 11.1 Å². The van der Waals surface area contributed by atoms with Crippen LogP contribution in [-0.4, -0.2) is 99.3 Å². The summed E-state index contributed by atoms with van der Waals surface area (Å²) >= 11 is 0.722. The quantitative estimate of drug-likeness (QED) is 0.0626. The second kappa shape index (κ2) is 10.6. The van der Waals surface area contributed by atoms with Crippen molar-refractivity contribution in [2.24, 2.45) is 0 Å². The number of rotatable bonds is 9. The fraction of sp³-hybridized carbons (Fsp3) is 0.238. The molecule has 0 saturated heterocycles. The van der Waals surface area contributed by atoms with Crippen LogP contribution in [0.15, 0.2) is 5.38 Å². The van der Waals surface area contributed by atoms with Crippen molar-refractivity contribution in [3.8, 4) is 51.7 Å². The number of benzene rings is 2. The molecular formula is C21H24N4O16S. The van der Waals surface area contributed by atoms with Gasteiger partial charge in [-0.25, -0.2) is 10.3 Å². The van der Waals surface area contributed by atoms with Gasteiger partial charge < -0.3 is 87.6 Å². The second-order valence-electron chi connectivity index (χ2n) is 8.78. The lowest BCUT2D eigenvalue weighted by Gasteiger charge is -2.32. The number of thiazole rings is 1. The van der Waals surface area contributed by atoms with Gasteiger partial charge >= 0.3 is 0 Å². The number of hydrogen-bond donors (Lipinski definition) is 18. The zero-order valence-electron chi connectivity index (χ0n) is 20.5. The van der Waals surface area contributed by atoms with Crippen LogP contribution in [0.1, 0.15) is 16.8 Å². The number of nitrogens with two attached hydrogens (primary N) is 1. The molecule has 0 radical (unpaired) electrons. The number of aromatic hydroxyl groups is 9. The summed E-state index contributed by atoms with van der Waals surface area (Å²) in [6.45, 7) is 0. The van der Waals surface area contributed by atoms with E-state index < -0.39 is 111 Å². The van der Waals surface area contributed by atoms with Crippen LogP contribution in [0.5, 0.6) is 51.7 Å². The number of nitrogens with one attached hydrogen (secondary N) is 2. The topological polar surface area (TPSA) is 383 Å². The van der Waals surface area contributed by atoms with Crippen LogP contribution in [0, 0.1) is 0 Å². The first-order valence-electron chi connectivity index (χ1n) is 10.9. The Balaban J connectivity index is 1.88. The Morgan fingerprint density at radius 2 is 1.07 bits per heavy atom. The predicted octanol–water partition coefficient (Wildman–Crippen LogP) is -3.50. The van der Waals surface area contributed by atoms with Gasteiger partial charge in [-0.1, -0.05) is 0 Å². The maximum absolute atomic E-state index is 12.4. The van der Waals surface area contributed by atoms with Gasteiger partial charge in [-0.15, -0.1) is 11.3 Å². The highest BCUT2D eigenvalue weighted by atomic mass is 32.1. The molecule has 0 saturated carbocycles. The lowest BCUT2D eigenvalue weighted by atomic mass is 10.0. The number of anilines is 2. The molecule has 20 nitrogen and oxygen atoms in total. The molecule has 1 aromatic heterocycles. The van der Waals surface area contributed by atoms with Gasteiger partial charge in [0.1, 0.15) is 11.4 Å². The highest BCUT2D eigenvalue weighted by molar-refractivity contribution is 7.13. The van der Waals surface area contributed by atoms with Gasteiger partial charge in [-0.3, -0.25) is 4.79 Å². The van der Waals surface area contributed by atoms with E-state index in [0.29, 0.717) is 0 Å². The number of carbonyl (C=O) groups is 1. The van der Waals surface area contributed by atoms with Crippen molar-refractivity contribution in [1.29, 1.82) is 0 Å². The molecule has 0 spiro atoms. The lowest BCUT2D eigenvalue weighted by molar-refractivity contribution is -0.284. The van der Waals surface area contributed by atoms with Crippen molar-refractivity contribution in [1.82, 2.24) is 10.3 Å². The van der Waals surface area contributed by atoms with E-state index in [1.54, 1.807) is 5.32 Å². The summed E-state index contributed by atoms with van der Waals surface area (Å²) in [4.78, 5) is 15.9. The van der Waals surface area contributed by atoms with Gasteiger partial charge in [0, 0.05) is 18.2 Å². The molecule has 42 heavy (non-hydrogen) atoms. The molecule has 3 rings (SSSR count). The monoisotopic (exact) mass is 620 g/mol. The predicted molar refractivity (Wildman–Crippen MR) is 134 cm³/mol. The number of nitrogens with zero attached hydrogens (tertiary/aromatic N) is 1. The molecule has 2 aromatic carbocycles. The van der Waals surface area contributed by atoms with E-state index in [4.69, 9.17) is 5.73 Å². The van der Waals surface area contributed by atoms with Crippen LogP contribution in [0.3, 0.4) is 0 Å². The molecule has 0 atom stereocenters. The summed E-state index contributed by atoms with van der Waals surface area (Å²) in [6, 6.07) is 0. The lowest BCUT2D eigenvalue weighted by Crippen LogP contribution is -2.60. The molecule has 21 heteroatoms. The Labute approximate surface area is 235 Å². The summed E-state index contributed by atoms with van der Waals surface area (Å²) in [5.41, 5.74) is 1.38. The third-order valence-corrected chi connectivity index (χ3v) is 6.32. The normalized spacial score (nSPS) is 12.4. The minimum absolute atomic E-state index is 0.163. The van der Waals surface area contributed by atoms with Crippen molar-refractivity contribution in [2.45, 2.75) is 30.5 Å². The standard InChI is InChI=1S/C21H24N4O16S/c22-18-23-6(3-42-18)21(40,41)17(35)24-7-12(30)8(26)4(9(27)13(7)31)1-19(36,37)25-20(38,39)2-5-10(28)14(32)16(34)15(33)11(5)29/h3,25-34,36-41H,1-2H2,(H2,22,23)(H,24,35). The molecule has 0 aliphatic rings. The zero-order chi connectivity index (χ0) is 32.1. The van der Waals surface area contributed by atoms with Crippen molar-refractivity contribution in [3.05, 3.63) is 22.2 Å². The van der Waals surface area contributed by atoms with E-state index in [9.17, 15) is 81.4 Å². The minimum atomic E-state index is -3.61. The van der Waals surface area contributed by atoms with E-state index in [1.165, 1.54) is 5.32 Å². The van der Waals surface area contributed by atoms with Crippen molar-refractivity contribution >= 4 is 28.1 Å². The molecular weight excluding hydrogens is 596 g/mol. The van der Waals surface area contributed by atoms with E-state index in [-0.39, 0.29) is 5.13 Å². The summed E-state index contributed by atoms with van der Waals surface area (Å²) in [5, 5.41) is 155. The molecule has 1 amide bonds. The molecule has 1 heterocycles. The van der Waals surface area contributed by atoms with Gasteiger partial charge in [-0.2, -0.15) is 0 Å². The highest BCUT2D eigenvalue weighted by Crippen LogP contribution is 2.52. The van der Waals surface area contributed by atoms with Gasteiger partial charge in [0.25, 0.3) is 11.7 Å². The Bertz CT molecular complexity index is 1500. The van der Waals surface area contributed by atoms with Crippen LogP contribution in [0.4, 0.5) is 10.8 Å². The largest absolute Gasteiger partial charge is 0.504 e. The van der Waals surface area contributed by atoms with E-state index >= 15 is 0 Å². The van der Waals surface area contributed by atoms with Crippen LogP contribution >= 0.6 is 11.3 Å². The summed E-state index contributed by atoms with van der Waals surface area (Å²) < 4.78 is 0. The fourth-order valence-corrected chi connectivity index (χ4v) is 4.20. The summed E-state index contributed by atoms with van der Waals surface area (Å²) in [7, 11) is 0. The molecule has 0 aliphatic carbocycles. The Morgan fingerprint density at radius 3 is 1.45 bits per heavy atom. The first kappa shape index (κ1) is 31.8. The Kier molecular flexibility index (Phi) is 8.01. The average molecular weight is 621 g/mol. The van der Waals surface area contributed by atoms with Gasteiger partial charge in [0.15, 0.2) is 39.6 Å². The number of phenolic OH excluding ortho intramolecular Hbond substituents is 9. The highest BCUT2D eigenvalue weighted by Gasteiger charge is 2.42. The third-order valence-electron chi connectivity index (χ3n) is 5.64. The Hall–Kier alpha value is -4.74. The number of amides is 1. The van der Waals surface area contributed by atoms with Crippen LogP contribution in [0.2, 0.25) is 0 Å². The van der Waals surface area contributed by atoms with E-state index in [0.717, 1.165) is 16.7 Å². The molecule has 230 valence electrons. The van der Waals surface area contributed by atoms with Gasteiger partial charge in [0.2, 0.25) is 29.1 Å². The third kappa shape index (κ3) is 5.83. The average Bonchev–Trinajstić information content (AvgIpc) is 3.34. The number of phenols is 9. The molecule has 0 bridgehead atoms. The molecule has 19 N–H and O–H groups in total. The molecule has 0 unspecified atom stereocenters. The van der Waals surface area contributed by atoms with E-state index in [1.807, 2.05) is 0 Å². The van der Waals surface area contributed by atoms with Crippen LogP contribution < -0.4 is 16.4 Å². The minimum Gasteiger partial charge on any atom is -0.504 e. The van der Waals surface area contributed by atoms with Gasteiger partial charge in [-0.05, 0) is 0 Å². The van der Waals surface area contributed by atoms with Crippen molar-refractivity contribution < 1.29 is 81.4 Å². The molecule has 0 aliphatic heterocycles. The number of aromatic nitrogens is 1. The summed E-state index contributed by atoms with van der Waals surface area (Å²) in [5.74, 6) is -25.0. The van der Waals surface area contributed by atoms with Gasteiger partial charge in [0.05, 0.1) is 11.1 Å². The van der Waals surface area contributed by atoms with Crippen molar-refractivity contribution in [3.63, 3.8) is 0 Å². The first-order chi connectivity index (χ1) is 19.1. The number of aliphatic hydroxyl groups is 6. The van der Waals surface area contributed by atoms with E-state index in [2.05, 4.69) is 4.98 Å². The smallest absolute Gasteiger partial charge is 0.291 e. The second-order valence-corrected chi connectivity index (χ2v) is 9.67. The van der Waals surface area contributed by atoms with Crippen LogP contribution in [0.25, 0.3) is 0 Å². The first-order valence-corrected chi connectivity index (χ1v) is 11.8. The zero-order valence-corrected chi connectivity index (χ0v) is 21.4. The SMILES string of the molecule is Nc1nc(C(O)(O)C(=O)Nc2c(O)c(O)c(CC(O)(O)NC(O)(O)Cc3c(O)c(O)c(O)c(O)c3O)c(O)c2O)cs1. The maximum Gasteiger partial charge on any atom is 0.291 e. The number of nitrogen functional groups attached to an aromatic ring is 1. The number of hydrogen-bond acceptors (Lipinski definition) is 20. The van der Waals surface area contributed by atoms with Crippen LogP contribution in [-0.2, 0) is 23.4 Å². The Morgan fingerprint density at radius 1 is 0.690 bits per heavy atom. The molecule has 3 aromatic rings. The summed E-state index contributed by atoms with van der Waals surface area (Å²) in [6.07, 6.45) is -2.95. The molecule has 0 fully saturated rings. The maximum atomic E-state index is 12.4.